The Kier molecular flexibility index (Phi) is 3.82. The first-order valence-corrected chi connectivity index (χ1v) is 4.46. The lowest BCUT2D eigenvalue weighted by Gasteiger charge is -2.07. The molecule has 0 fully saturated rings. The largest absolute Gasteiger partial charge is 0.419 e. The Bertz CT molecular complexity index is 418. The molecule has 0 heterocycles. The van der Waals surface area contributed by atoms with Gasteiger partial charge in [-0.3, -0.25) is 4.99 Å². The highest BCUT2D eigenvalue weighted by Gasteiger charge is 2.33. The van der Waals surface area contributed by atoms with Crippen LogP contribution in [0.1, 0.15) is 18.1 Å². The minimum Gasteiger partial charge on any atom is -0.264 e. The Morgan fingerprint density at radius 1 is 1.25 bits per heavy atom. The molecule has 0 saturated carbocycles. The molecule has 0 aliphatic rings. The molecule has 0 saturated heterocycles. The predicted octanol–water partition coefficient (Wildman–Crippen LogP) is 3.80. The molecule has 16 heavy (non-hydrogen) atoms. The van der Waals surface area contributed by atoms with Crippen molar-refractivity contribution in [3.8, 4) is 0 Å². The molecule has 1 aromatic carbocycles. The second kappa shape index (κ2) is 4.92. The first kappa shape index (κ1) is 12.4. The summed E-state index contributed by atoms with van der Waals surface area (Å²) >= 11 is 0. The summed E-state index contributed by atoms with van der Waals surface area (Å²) in [4.78, 5) is 3.74. The molecular weight excluding hydrogens is 222 g/mol. The van der Waals surface area contributed by atoms with E-state index in [1.54, 1.807) is 13.0 Å². The summed E-state index contributed by atoms with van der Waals surface area (Å²) in [5, 5.41) is 0. The fraction of sp³-hybridized carbons (Fsp3) is 0.182. The molecular formula is C11H9F4N. The van der Waals surface area contributed by atoms with Gasteiger partial charge in [0.1, 0.15) is 5.82 Å². The van der Waals surface area contributed by atoms with Crippen LogP contribution >= 0.6 is 0 Å². The van der Waals surface area contributed by atoms with Crippen molar-refractivity contribution in [1.82, 2.24) is 0 Å². The lowest BCUT2D eigenvalue weighted by Crippen LogP contribution is -2.08. The van der Waals surface area contributed by atoms with Crippen molar-refractivity contribution in [1.29, 1.82) is 0 Å². The van der Waals surface area contributed by atoms with Crippen molar-refractivity contribution >= 4 is 6.21 Å². The van der Waals surface area contributed by atoms with E-state index < -0.39 is 17.6 Å². The van der Waals surface area contributed by atoms with Crippen LogP contribution in [0, 0.1) is 5.82 Å². The molecule has 1 rings (SSSR count). The minimum atomic E-state index is -4.66. The first-order chi connectivity index (χ1) is 7.45. The van der Waals surface area contributed by atoms with Gasteiger partial charge in [0.2, 0.25) is 0 Å². The van der Waals surface area contributed by atoms with Gasteiger partial charge in [-0.1, -0.05) is 12.1 Å². The fourth-order valence-electron chi connectivity index (χ4n) is 1.06. The molecule has 0 radical (unpaired) electrons. The van der Waals surface area contributed by atoms with Crippen LogP contribution in [0.25, 0.3) is 0 Å². The van der Waals surface area contributed by atoms with Crippen LogP contribution < -0.4 is 0 Å². The van der Waals surface area contributed by atoms with Gasteiger partial charge in [-0.25, -0.2) is 4.39 Å². The molecule has 0 spiro atoms. The van der Waals surface area contributed by atoms with Crippen LogP contribution in [0.2, 0.25) is 0 Å². The van der Waals surface area contributed by atoms with Gasteiger partial charge < -0.3 is 0 Å². The number of rotatable bonds is 2. The quantitative estimate of drug-likeness (QED) is 0.542. The Morgan fingerprint density at radius 3 is 2.44 bits per heavy atom. The number of hydrogen-bond donors (Lipinski definition) is 0. The van der Waals surface area contributed by atoms with E-state index in [1.165, 1.54) is 18.5 Å². The molecule has 0 aliphatic heterocycles. The van der Waals surface area contributed by atoms with E-state index in [0.717, 1.165) is 6.07 Å². The van der Waals surface area contributed by atoms with Crippen LogP contribution in [0.3, 0.4) is 0 Å². The van der Waals surface area contributed by atoms with Crippen molar-refractivity contribution in [3.63, 3.8) is 0 Å². The van der Waals surface area contributed by atoms with Crippen molar-refractivity contribution in [2.45, 2.75) is 13.1 Å². The zero-order chi connectivity index (χ0) is 12.2. The van der Waals surface area contributed by atoms with E-state index in [1.807, 2.05) is 0 Å². The highest BCUT2D eigenvalue weighted by molar-refractivity contribution is 5.80. The summed E-state index contributed by atoms with van der Waals surface area (Å²) in [5.41, 5.74) is -0.987. The molecule has 0 unspecified atom stereocenters. The third kappa shape index (κ3) is 3.18. The second-order valence-corrected chi connectivity index (χ2v) is 3.00. The van der Waals surface area contributed by atoms with Crippen molar-refractivity contribution in [3.05, 3.63) is 47.4 Å². The van der Waals surface area contributed by atoms with Gasteiger partial charge in [0.15, 0.2) is 0 Å². The molecule has 1 aromatic rings. The zero-order valence-corrected chi connectivity index (χ0v) is 8.42. The van der Waals surface area contributed by atoms with E-state index in [9.17, 15) is 17.6 Å². The number of nitrogens with zero attached hydrogens (tertiary/aromatic N) is 1. The Hall–Kier alpha value is -1.65. The van der Waals surface area contributed by atoms with Crippen LogP contribution in [0.4, 0.5) is 17.6 Å². The number of allylic oxidation sites excluding steroid dienone is 1. The standard InChI is InChI=1S/C11H9F4N/c1-2-5-16-7-8-3-4-9(10(12)6-8)11(13,14)15/h2-7H,1H3/b5-2+,16-7?. The van der Waals surface area contributed by atoms with Crippen molar-refractivity contribution in [2.75, 3.05) is 0 Å². The monoisotopic (exact) mass is 231 g/mol. The average Bonchev–Trinajstić information content (AvgIpc) is 2.16. The van der Waals surface area contributed by atoms with E-state index in [2.05, 4.69) is 4.99 Å². The fourth-order valence-corrected chi connectivity index (χ4v) is 1.06. The normalized spacial score (nSPS) is 12.8. The van der Waals surface area contributed by atoms with Crippen molar-refractivity contribution < 1.29 is 17.6 Å². The molecule has 0 atom stereocenters. The third-order valence-electron chi connectivity index (χ3n) is 1.76. The zero-order valence-electron chi connectivity index (χ0n) is 8.42. The number of hydrogen-bond acceptors (Lipinski definition) is 1. The van der Waals surface area contributed by atoms with Crippen LogP contribution in [-0.4, -0.2) is 6.21 Å². The Labute approximate surface area is 90.1 Å². The van der Waals surface area contributed by atoms with Gasteiger partial charge in [-0.2, -0.15) is 13.2 Å². The van der Waals surface area contributed by atoms with Crippen LogP contribution in [0.15, 0.2) is 35.5 Å². The minimum absolute atomic E-state index is 0.281. The summed E-state index contributed by atoms with van der Waals surface area (Å²) in [5.74, 6) is -1.29. The molecule has 86 valence electrons. The number of halogens is 4. The highest BCUT2D eigenvalue weighted by atomic mass is 19.4. The van der Waals surface area contributed by atoms with Gasteiger partial charge >= 0.3 is 6.18 Å². The van der Waals surface area contributed by atoms with Gasteiger partial charge in [0.25, 0.3) is 0 Å². The number of aliphatic imine (C=N–C) groups is 1. The summed E-state index contributed by atoms with van der Waals surface area (Å²) in [6.07, 6.45) is -0.279. The summed E-state index contributed by atoms with van der Waals surface area (Å²) in [7, 11) is 0. The van der Waals surface area contributed by atoms with Gasteiger partial charge in [0.05, 0.1) is 5.56 Å². The van der Waals surface area contributed by atoms with E-state index >= 15 is 0 Å². The maximum atomic E-state index is 13.1. The maximum absolute atomic E-state index is 13.1. The van der Waals surface area contributed by atoms with E-state index in [4.69, 9.17) is 0 Å². The predicted molar refractivity (Wildman–Crippen MR) is 53.8 cm³/mol. The SMILES string of the molecule is C/C=C/N=Cc1ccc(C(F)(F)F)c(F)c1. The Morgan fingerprint density at radius 2 is 1.94 bits per heavy atom. The van der Waals surface area contributed by atoms with Crippen LogP contribution in [0.5, 0.6) is 0 Å². The third-order valence-corrected chi connectivity index (χ3v) is 1.76. The van der Waals surface area contributed by atoms with Gasteiger partial charge in [0, 0.05) is 12.4 Å². The molecule has 0 N–H and O–H groups in total. The maximum Gasteiger partial charge on any atom is 0.419 e. The Balaban J connectivity index is 3.00. The molecule has 0 bridgehead atoms. The molecule has 0 aliphatic carbocycles. The summed E-state index contributed by atoms with van der Waals surface area (Å²) in [6.45, 7) is 1.74. The first-order valence-electron chi connectivity index (χ1n) is 4.46. The molecule has 1 nitrogen and oxygen atoms in total. The summed E-state index contributed by atoms with van der Waals surface area (Å²) in [6, 6.07) is 2.67. The highest BCUT2D eigenvalue weighted by Crippen LogP contribution is 2.31. The van der Waals surface area contributed by atoms with Gasteiger partial charge in [-0.15, -0.1) is 0 Å². The molecule has 0 amide bonds. The molecule has 0 aromatic heterocycles. The smallest absolute Gasteiger partial charge is 0.264 e. The van der Waals surface area contributed by atoms with Crippen LogP contribution in [-0.2, 0) is 6.18 Å². The lowest BCUT2D eigenvalue weighted by atomic mass is 10.1. The number of alkyl halides is 3. The number of benzene rings is 1. The molecule has 5 heteroatoms. The van der Waals surface area contributed by atoms with E-state index in [-0.39, 0.29) is 5.56 Å². The lowest BCUT2D eigenvalue weighted by molar-refractivity contribution is -0.140. The van der Waals surface area contributed by atoms with Gasteiger partial charge in [-0.05, 0) is 24.6 Å². The second-order valence-electron chi connectivity index (χ2n) is 3.00. The van der Waals surface area contributed by atoms with Crippen molar-refractivity contribution in [2.24, 2.45) is 4.99 Å². The average molecular weight is 231 g/mol. The summed E-state index contributed by atoms with van der Waals surface area (Å²) < 4.78 is 49.7. The topological polar surface area (TPSA) is 12.4 Å². The van der Waals surface area contributed by atoms with E-state index in [0.29, 0.717) is 6.07 Å².